The van der Waals surface area contributed by atoms with Crippen molar-refractivity contribution in [2.75, 3.05) is 18.5 Å². The molecule has 2 rings (SSSR count). The minimum absolute atomic E-state index is 0.0927. The van der Waals surface area contributed by atoms with Crippen molar-refractivity contribution in [3.8, 4) is 5.75 Å². The summed E-state index contributed by atoms with van der Waals surface area (Å²) in [4.78, 5) is 11.3. The van der Waals surface area contributed by atoms with Crippen LogP contribution in [0.15, 0.2) is 18.2 Å². The Morgan fingerprint density at radius 3 is 2.95 bits per heavy atom. The highest BCUT2D eigenvalue weighted by molar-refractivity contribution is 5.95. The molecule has 19 heavy (non-hydrogen) atoms. The molecule has 1 aromatic carbocycles. The first-order valence-corrected chi connectivity index (χ1v) is 6.90. The molecule has 4 nitrogen and oxygen atoms in total. The summed E-state index contributed by atoms with van der Waals surface area (Å²) in [6, 6.07) is 6.22. The minimum Gasteiger partial charge on any atom is -0.482 e. The Kier molecular flexibility index (Phi) is 4.43. The zero-order valence-corrected chi connectivity index (χ0v) is 11.8. The summed E-state index contributed by atoms with van der Waals surface area (Å²) >= 11 is 0. The number of anilines is 1. The van der Waals surface area contributed by atoms with Gasteiger partial charge in [-0.15, -0.1) is 0 Å². The largest absolute Gasteiger partial charge is 0.482 e. The van der Waals surface area contributed by atoms with Gasteiger partial charge in [-0.25, -0.2) is 0 Å². The zero-order chi connectivity index (χ0) is 13.8. The van der Waals surface area contributed by atoms with Crippen molar-refractivity contribution in [3.05, 3.63) is 23.8 Å². The van der Waals surface area contributed by atoms with Crippen LogP contribution in [0.25, 0.3) is 0 Å². The Bertz CT molecular complexity index is 459. The number of nitrogens with one attached hydrogen (secondary N) is 2. The van der Waals surface area contributed by atoms with E-state index in [1.165, 1.54) is 6.42 Å². The van der Waals surface area contributed by atoms with Crippen molar-refractivity contribution in [2.45, 2.75) is 33.2 Å². The third-order valence-corrected chi connectivity index (χ3v) is 3.61. The molecule has 1 aromatic rings. The standard InChI is InChI=1S/C15H22N2O2/c1-4-10(2)8-16-11(3)12-5-6-14-13(7-12)17-15(18)9-19-14/h5-7,10-11,16H,4,8-9H2,1-3H3,(H,17,18). The van der Waals surface area contributed by atoms with Crippen LogP contribution in [0.4, 0.5) is 5.69 Å². The summed E-state index contributed by atoms with van der Waals surface area (Å²) in [5.41, 5.74) is 1.93. The molecule has 1 amide bonds. The van der Waals surface area contributed by atoms with Gasteiger partial charge < -0.3 is 15.4 Å². The number of benzene rings is 1. The molecule has 104 valence electrons. The lowest BCUT2D eigenvalue weighted by molar-refractivity contribution is -0.118. The predicted molar refractivity (Wildman–Crippen MR) is 76.4 cm³/mol. The van der Waals surface area contributed by atoms with E-state index in [1.807, 2.05) is 18.2 Å². The fourth-order valence-electron chi connectivity index (χ4n) is 2.01. The van der Waals surface area contributed by atoms with Crippen molar-refractivity contribution in [3.63, 3.8) is 0 Å². The van der Waals surface area contributed by atoms with Crippen LogP contribution >= 0.6 is 0 Å². The fourth-order valence-corrected chi connectivity index (χ4v) is 2.01. The van der Waals surface area contributed by atoms with E-state index >= 15 is 0 Å². The summed E-state index contributed by atoms with van der Waals surface area (Å²) in [5, 5.41) is 6.35. The van der Waals surface area contributed by atoms with E-state index in [0.29, 0.717) is 5.92 Å². The number of amides is 1. The molecule has 2 N–H and O–H groups in total. The molecule has 4 heteroatoms. The number of carbonyl (C=O) groups excluding carboxylic acids is 1. The number of ether oxygens (including phenoxy) is 1. The molecule has 0 saturated carbocycles. The van der Waals surface area contributed by atoms with E-state index in [9.17, 15) is 4.79 Å². The number of rotatable bonds is 5. The summed E-state index contributed by atoms with van der Waals surface area (Å²) in [6.45, 7) is 7.67. The third-order valence-electron chi connectivity index (χ3n) is 3.61. The zero-order valence-electron chi connectivity index (χ0n) is 11.8. The van der Waals surface area contributed by atoms with Crippen LogP contribution in [0.2, 0.25) is 0 Å². The lowest BCUT2D eigenvalue weighted by Gasteiger charge is -2.21. The summed E-state index contributed by atoms with van der Waals surface area (Å²) < 4.78 is 5.35. The van der Waals surface area contributed by atoms with Gasteiger partial charge in [0.2, 0.25) is 0 Å². The van der Waals surface area contributed by atoms with Gasteiger partial charge in [-0.1, -0.05) is 26.3 Å². The molecule has 0 saturated heterocycles. The SMILES string of the molecule is CCC(C)CNC(C)c1ccc2c(c1)NC(=O)CO2. The quantitative estimate of drug-likeness (QED) is 0.858. The maximum atomic E-state index is 11.3. The molecule has 0 radical (unpaired) electrons. The van der Waals surface area contributed by atoms with Gasteiger partial charge in [0.1, 0.15) is 5.75 Å². The van der Waals surface area contributed by atoms with Crippen LogP contribution in [0.5, 0.6) is 5.75 Å². The molecular weight excluding hydrogens is 240 g/mol. The summed E-state index contributed by atoms with van der Waals surface area (Å²) in [6.07, 6.45) is 1.17. The second-order valence-electron chi connectivity index (χ2n) is 5.24. The Hall–Kier alpha value is -1.55. The molecular formula is C15H22N2O2. The Morgan fingerprint density at radius 2 is 2.21 bits per heavy atom. The summed E-state index contributed by atoms with van der Waals surface area (Å²) in [5.74, 6) is 1.32. The minimum atomic E-state index is -0.0927. The van der Waals surface area contributed by atoms with Gasteiger partial charge in [0.05, 0.1) is 5.69 Å². The summed E-state index contributed by atoms with van der Waals surface area (Å²) in [7, 11) is 0. The second-order valence-corrected chi connectivity index (χ2v) is 5.24. The predicted octanol–water partition coefficient (Wildman–Crippen LogP) is 2.71. The molecule has 1 aliphatic rings. The average Bonchev–Trinajstić information content (AvgIpc) is 2.43. The van der Waals surface area contributed by atoms with Crippen molar-refractivity contribution in [1.82, 2.24) is 5.32 Å². The normalized spacial score (nSPS) is 17.1. The van der Waals surface area contributed by atoms with Gasteiger partial charge in [-0.2, -0.15) is 0 Å². The second kappa shape index (κ2) is 6.06. The van der Waals surface area contributed by atoms with Crippen LogP contribution in [-0.2, 0) is 4.79 Å². The van der Waals surface area contributed by atoms with Gasteiger partial charge in [-0.05, 0) is 37.1 Å². The first-order chi connectivity index (χ1) is 9.10. The van der Waals surface area contributed by atoms with Crippen molar-refractivity contribution < 1.29 is 9.53 Å². The maximum absolute atomic E-state index is 11.3. The van der Waals surface area contributed by atoms with Gasteiger partial charge in [-0.3, -0.25) is 4.79 Å². The van der Waals surface area contributed by atoms with Crippen LogP contribution in [0.3, 0.4) is 0 Å². The fraction of sp³-hybridized carbons (Fsp3) is 0.533. The number of hydrogen-bond donors (Lipinski definition) is 2. The first-order valence-electron chi connectivity index (χ1n) is 6.90. The molecule has 1 heterocycles. The van der Waals surface area contributed by atoms with E-state index in [4.69, 9.17) is 4.74 Å². The highest BCUT2D eigenvalue weighted by Gasteiger charge is 2.17. The number of fused-ring (bicyclic) bond motifs is 1. The maximum Gasteiger partial charge on any atom is 0.262 e. The third kappa shape index (κ3) is 3.47. The molecule has 2 atom stereocenters. The molecule has 0 aliphatic carbocycles. The van der Waals surface area contributed by atoms with E-state index in [2.05, 4.69) is 31.4 Å². The van der Waals surface area contributed by atoms with Gasteiger partial charge in [0, 0.05) is 6.04 Å². The van der Waals surface area contributed by atoms with Crippen LogP contribution in [0.1, 0.15) is 38.8 Å². The lowest BCUT2D eigenvalue weighted by Crippen LogP contribution is -2.27. The van der Waals surface area contributed by atoms with Crippen molar-refractivity contribution in [2.24, 2.45) is 5.92 Å². The topological polar surface area (TPSA) is 50.4 Å². The smallest absolute Gasteiger partial charge is 0.262 e. The van der Waals surface area contributed by atoms with Gasteiger partial charge in [0.25, 0.3) is 5.91 Å². The van der Waals surface area contributed by atoms with Crippen LogP contribution < -0.4 is 15.4 Å². The van der Waals surface area contributed by atoms with Crippen LogP contribution in [-0.4, -0.2) is 19.1 Å². The monoisotopic (exact) mass is 262 g/mol. The van der Waals surface area contributed by atoms with Crippen LogP contribution in [0, 0.1) is 5.92 Å². The Balaban J connectivity index is 2.04. The molecule has 0 spiro atoms. The van der Waals surface area contributed by atoms with Gasteiger partial charge >= 0.3 is 0 Å². The Morgan fingerprint density at radius 1 is 1.42 bits per heavy atom. The first kappa shape index (κ1) is 13.9. The molecule has 0 aromatic heterocycles. The molecule has 0 bridgehead atoms. The molecule has 0 fully saturated rings. The van der Waals surface area contributed by atoms with E-state index < -0.39 is 0 Å². The number of hydrogen-bond acceptors (Lipinski definition) is 3. The van der Waals surface area contributed by atoms with Gasteiger partial charge in [0.15, 0.2) is 6.61 Å². The van der Waals surface area contributed by atoms with E-state index in [0.717, 1.165) is 23.5 Å². The highest BCUT2D eigenvalue weighted by atomic mass is 16.5. The van der Waals surface area contributed by atoms with Crippen molar-refractivity contribution >= 4 is 11.6 Å². The van der Waals surface area contributed by atoms with E-state index in [-0.39, 0.29) is 18.6 Å². The molecule has 1 aliphatic heterocycles. The van der Waals surface area contributed by atoms with Crippen molar-refractivity contribution in [1.29, 1.82) is 0 Å². The Labute approximate surface area is 114 Å². The van der Waals surface area contributed by atoms with E-state index in [1.54, 1.807) is 0 Å². The molecule has 2 unspecified atom stereocenters. The lowest BCUT2D eigenvalue weighted by atomic mass is 10.0. The average molecular weight is 262 g/mol. The highest BCUT2D eigenvalue weighted by Crippen LogP contribution is 2.30. The number of carbonyl (C=O) groups is 1.